The molecule has 1 aliphatic carbocycles. The van der Waals surface area contributed by atoms with Gasteiger partial charge in [0.25, 0.3) is 0 Å². The van der Waals surface area contributed by atoms with Crippen LogP contribution in [0.15, 0.2) is 29.2 Å². The van der Waals surface area contributed by atoms with E-state index in [0.717, 1.165) is 19.3 Å². The van der Waals surface area contributed by atoms with Crippen LogP contribution in [-0.4, -0.2) is 17.0 Å². The van der Waals surface area contributed by atoms with E-state index in [1.807, 2.05) is 12.1 Å². The zero-order valence-electron chi connectivity index (χ0n) is 7.79. The zero-order valence-corrected chi connectivity index (χ0v) is 8.60. The fraction of sp³-hybridized carbons (Fsp3) is 0.455. The molecule has 0 radical (unpaired) electrons. The Balaban J connectivity index is 2.18. The van der Waals surface area contributed by atoms with Gasteiger partial charge in [-0.15, -0.1) is 11.8 Å². The first-order chi connectivity index (χ1) is 6.23. The van der Waals surface area contributed by atoms with Gasteiger partial charge in [-0.05, 0) is 30.7 Å². The van der Waals surface area contributed by atoms with E-state index in [0.29, 0.717) is 0 Å². The first-order valence-corrected chi connectivity index (χ1v) is 5.80. The molecule has 0 aliphatic heterocycles. The highest BCUT2D eigenvalue weighted by molar-refractivity contribution is 7.98. The van der Waals surface area contributed by atoms with Crippen LogP contribution < -0.4 is 0 Å². The maximum atomic E-state index is 9.79. The summed E-state index contributed by atoms with van der Waals surface area (Å²) in [4.78, 5) is 1.29. The van der Waals surface area contributed by atoms with Crippen LogP contribution in [0, 0.1) is 0 Å². The van der Waals surface area contributed by atoms with Crippen molar-refractivity contribution in [1.82, 2.24) is 0 Å². The van der Waals surface area contributed by atoms with Gasteiger partial charge in [0.05, 0.1) is 5.60 Å². The average Bonchev–Trinajstić information content (AvgIpc) is 2.84. The number of hydrogen-bond donors (Lipinski definition) is 1. The number of rotatable bonds is 3. The third-order valence-corrected chi connectivity index (χ3v) is 3.38. The van der Waals surface area contributed by atoms with E-state index < -0.39 is 0 Å². The van der Waals surface area contributed by atoms with Crippen LogP contribution in [0.5, 0.6) is 0 Å². The molecule has 0 heterocycles. The van der Waals surface area contributed by atoms with Gasteiger partial charge in [-0.1, -0.05) is 18.2 Å². The van der Waals surface area contributed by atoms with Crippen LogP contribution in [0.2, 0.25) is 0 Å². The topological polar surface area (TPSA) is 20.2 Å². The van der Waals surface area contributed by atoms with E-state index in [4.69, 9.17) is 0 Å². The first kappa shape index (κ1) is 9.10. The van der Waals surface area contributed by atoms with Crippen molar-refractivity contribution in [2.24, 2.45) is 0 Å². The molecule has 0 unspecified atom stereocenters. The van der Waals surface area contributed by atoms with Crippen molar-refractivity contribution in [3.05, 3.63) is 29.8 Å². The number of aliphatic hydroxyl groups is 1. The van der Waals surface area contributed by atoms with Gasteiger partial charge in [-0.25, -0.2) is 0 Å². The summed E-state index contributed by atoms with van der Waals surface area (Å²) in [6.45, 7) is 0. The van der Waals surface area contributed by atoms with E-state index in [2.05, 4.69) is 18.4 Å². The van der Waals surface area contributed by atoms with E-state index >= 15 is 0 Å². The summed E-state index contributed by atoms with van der Waals surface area (Å²) in [5.74, 6) is 0. The Hall–Kier alpha value is -0.470. The molecule has 1 fully saturated rings. The monoisotopic (exact) mass is 194 g/mol. The van der Waals surface area contributed by atoms with Gasteiger partial charge in [-0.2, -0.15) is 0 Å². The van der Waals surface area contributed by atoms with E-state index in [1.54, 1.807) is 11.8 Å². The molecule has 0 saturated heterocycles. The number of thioether (sulfide) groups is 1. The van der Waals surface area contributed by atoms with Crippen molar-refractivity contribution in [2.45, 2.75) is 29.8 Å². The largest absolute Gasteiger partial charge is 0.390 e. The summed E-state index contributed by atoms with van der Waals surface area (Å²) in [6.07, 6.45) is 4.84. The summed E-state index contributed by atoms with van der Waals surface area (Å²) in [5.41, 5.74) is 0.918. The Labute approximate surface area is 83.2 Å². The lowest BCUT2D eigenvalue weighted by molar-refractivity contribution is 0.150. The van der Waals surface area contributed by atoms with E-state index in [-0.39, 0.29) is 5.60 Å². The molecular formula is C11H14OS. The Bertz CT molecular complexity index is 305. The first-order valence-electron chi connectivity index (χ1n) is 4.58. The lowest BCUT2D eigenvalue weighted by Crippen LogP contribution is -2.11. The summed E-state index contributed by atoms with van der Waals surface area (Å²) in [5, 5.41) is 9.79. The van der Waals surface area contributed by atoms with Crippen LogP contribution >= 0.6 is 11.8 Å². The smallest absolute Gasteiger partial charge is 0.0690 e. The molecule has 0 aromatic heterocycles. The summed E-state index contributed by atoms with van der Waals surface area (Å²) in [7, 11) is 0. The second kappa shape index (κ2) is 3.35. The molecule has 1 aromatic carbocycles. The molecule has 0 atom stereocenters. The van der Waals surface area contributed by atoms with Crippen LogP contribution in [-0.2, 0) is 6.42 Å². The lowest BCUT2D eigenvalue weighted by atomic mass is 10.1. The van der Waals surface area contributed by atoms with Crippen LogP contribution in [0.25, 0.3) is 0 Å². The molecule has 1 aromatic rings. The van der Waals surface area contributed by atoms with Crippen LogP contribution in [0.3, 0.4) is 0 Å². The SMILES string of the molecule is CSc1ccccc1CC1(O)CC1. The quantitative estimate of drug-likeness (QED) is 0.746. The van der Waals surface area contributed by atoms with Crippen molar-refractivity contribution >= 4 is 11.8 Å². The van der Waals surface area contributed by atoms with Crippen molar-refractivity contribution in [2.75, 3.05) is 6.26 Å². The fourth-order valence-corrected chi connectivity index (χ4v) is 2.14. The van der Waals surface area contributed by atoms with Gasteiger partial charge in [-0.3, -0.25) is 0 Å². The summed E-state index contributed by atoms with van der Waals surface area (Å²) < 4.78 is 0. The fourth-order valence-electron chi connectivity index (χ4n) is 1.52. The highest BCUT2D eigenvalue weighted by atomic mass is 32.2. The van der Waals surface area contributed by atoms with Gasteiger partial charge in [0.15, 0.2) is 0 Å². The van der Waals surface area contributed by atoms with Crippen LogP contribution in [0.4, 0.5) is 0 Å². The summed E-state index contributed by atoms with van der Waals surface area (Å²) >= 11 is 1.75. The third-order valence-electron chi connectivity index (χ3n) is 2.54. The molecule has 0 amide bonds. The Morgan fingerprint density at radius 2 is 2.08 bits per heavy atom. The second-order valence-electron chi connectivity index (χ2n) is 3.71. The maximum Gasteiger partial charge on any atom is 0.0690 e. The zero-order chi connectivity index (χ0) is 9.31. The van der Waals surface area contributed by atoms with Gasteiger partial charge >= 0.3 is 0 Å². The van der Waals surface area contributed by atoms with E-state index in [9.17, 15) is 5.11 Å². The molecule has 1 N–H and O–H groups in total. The molecule has 1 saturated carbocycles. The minimum atomic E-state index is -0.369. The molecule has 1 aliphatic rings. The standard InChI is InChI=1S/C11H14OS/c1-13-10-5-3-2-4-9(10)8-11(12)6-7-11/h2-5,12H,6-8H2,1H3. The maximum absolute atomic E-state index is 9.79. The highest BCUT2D eigenvalue weighted by Crippen LogP contribution is 2.39. The van der Waals surface area contributed by atoms with Crippen molar-refractivity contribution in [3.63, 3.8) is 0 Å². The van der Waals surface area contributed by atoms with Gasteiger partial charge in [0.1, 0.15) is 0 Å². The van der Waals surface area contributed by atoms with Crippen molar-refractivity contribution in [1.29, 1.82) is 0 Å². The normalized spacial score (nSPS) is 18.6. The molecule has 0 bridgehead atoms. The predicted octanol–water partition coefficient (Wildman–Crippen LogP) is 2.48. The van der Waals surface area contributed by atoms with Crippen molar-refractivity contribution < 1.29 is 5.11 Å². The van der Waals surface area contributed by atoms with Crippen LogP contribution in [0.1, 0.15) is 18.4 Å². The average molecular weight is 194 g/mol. The minimum Gasteiger partial charge on any atom is -0.390 e. The van der Waals surface area contributed by atoms with E-state index in [1.165, 1.54) is 10.5 Å². The number of benzene rings is 1. The molecular weight excluding hydrogens is 180 g/mol. The minimum absolute atomic E-state index is 0.369. The molecule has 2 heteroatoms. The predicted molar refractivity (Wildman–Crippen MR) is 56.1 cm³/mol. The highest BCUT2D eigenvalue weighted by Gasteiger charge is 2.40. The van der Waals surface area contributed by atoms with Gasteiger partial charge in [0, 0.05) is 11.3 Å². The molecule has 13 heavy (non-hydrogen) atoms. The third kappa shape index (κ3) is 2.06. The second-order valence-corrected chi connectivity index (χ2v) is 4.56. The van der Waals surface area contributed by atoms with Crippen molar-refractivity contribution in [3.8, 4) is 0 Å². The molecule has 1 nitrogen and oxygen atoms in total. The Kier molecular flexibility index (Phi) is 2.35. The number of hydrogen-bond acceptors (Lipinski definition) is 2. The van der Waals surface area contributed by atoms with Gasteiger partial charge in [0.2, 0.25) is 0 Å². The molecule has 2 rings (SSSR count). The van der Waals surface area contributed by atoms with Gasteiger partial charge < -0.3 is 5.11 Å². The summed E-state index contributed by atoms with van der Waals surface area (Å²) in [6, 6.07) is 8.32. The molecule has 0 spiro atoms. The lowest BCUT2D eigenvalue weighted by Gasteiger charge is -2.10. The Morgan fingerprint density at radius 1 is 1.38 bits per heavy atom. The Morgan fingerprint density at radius 3 is 2.69 bits per heavy atom. The molecule has 70 valence electrons.